The molecule has 0 aromatic rings. The summed E-state index contributed by atoms with van der Waals surface area (Å²) in [6.07, 6.45) is 11.4. The third-order valence-electron chi connectivity index (χ3n) is 4.01. The SMILES string of the molecule is C=C1CC2C=C1/C(=C/CC1C=C1CCN=O)C2. The maximum Gasteiger partial charge on any atom is 0.0848 e. The molecule has 0 amide bonds. The third-order valence-corrected chi connectivity index (χ3v) is 4.01. The largest absolute Gasteiger partial charge is 0.151 e. The average Bonchev–Trinajstić information content (AvgIpc) is 2.80. The lowest BCUT2D eigenvalue weighted by atomic mass is 9.90. The smallest absolute Gasteiger partial charge is 0.0848 e. The lowest BCUT2D eigenvalue weighted by Gasteiger charge is -2.15. The highest BCUT2D eigenvalue weighted by Gasteiger charge is 2.30. The molecule has 3 aliphatic carbocycles. The second kappa shape index (κ2) is 4.10. The summed E-state index contributed by atoms with van der Waals surface area (Å²) in [5, 5.41) is 2.90. The minimum Gasteiger partial charge on any atom is -0.151 e. The maximum atomic E-state index is 10.0. The highest BCUT2D eigenvalue weighted by molar-refractivity contribution is 5.55. The highest BCUT2D eigenvalue weighted by Crippen LogP contribution is 2.46. The number of allylic oxidation sites excluding steroid dienone is 6. The second-order valence-corrected chi connectivity index (χ2v) is 5.27. The van der Waals surface area contributed by atoms with E-state index in [2.05, 4.69) is 30.0 Å². The molecule has 2 atom stereocenters. The molecule has 0 radical (unpaired) electrons. The summed E-state index contributed by atoms with van der Waals surface area (Å²) in [6.45, 7) is 4.55. The van der Waals surface area contributed by atoms with Gasteiger partial charge in [-0.3, -0.25) is 0 Å². The molecule has 3 aliphatic rings. The summed E-state index contributed by atoms with van der Waals surface area (Å²) in [5.74, 6) is 1.34. The molecule has 2 nitrogen and oxygen atoms in total. The van der Waals surface area contributed by atoms with Gasteiger partial charge in [-0.25, -0.2) is 0 Å². The van der Waals surface area contributed by atoms with Crippen molar-refractivity contribution in [3.63, 3.8) is 0 Å². The molecule has 3 rings (SSSR count). The van der Waals surface area contributed by atoms with Gasteiger partial charge >= 0.3 is 0 Å². The maximum absolute atomic E-state index is 10.0. The Bertz CT molecular complexity index is 467. The highest BCUT2D eigenvalue weighted by atomic mass is 16.3. The van der Waals surface area contributed by atoms with Crippen molar-refractivity contribution in [3.05, 3.63) is 52.0 Å². The summed E-state index contributed by atoms with van der Waals surface area (Å²) >= 11 is 0. The van der Waals surface area contributed by atoms with E-state index in [1.807, 2.05) is 0 Å². The number of fused-ring (bicyclic) bond motifs is 1. The van der Waals surface area contributed by atoms with E-state index in [-0.39, 0.29) is 0 Å². The van der Waals surface area contributed by atoms with Crippen molar-refractivity contribution in [1.82, 2.24) is 0 Å². The number of nitroso groups, excluding NO2 is 1. The van der Waals surface area contributed by atoms with Gasteiger partial charge in [-0.1, -0.05) is 35.6 Å². The molecule has 0 saturated heterocycles. The van der Waals surface area contributed by atoms with E-state index in [1.165, 1.54) is 35.1 Å². The van der Waals surface area contributed by atoms with E-state index in [0.29, 0.717) is 12.5 Å². The van der Waals surface area contributed by atoms with Crippen molar-refractivity contribution >= 4 is 0 Å². The van der Waals surface area contributed by atoms with Crippen LogP contribution in [0.1, 0.15) is 25.7 Å². The minimum absolute atomic E-state index is 0.433. The zero-order valence-electron chi connectivity index (χ0n) is 9.98. The van der Waals surface area contributed by atoms with Crippen molar-refractivity contribution in [3.8, 4) is 0 Å². The van der Waals surface area contributed by atoms with Crippen molar-refractivity contribution < 1.29 is 0 Å². The van der Waals surface area contributed by atoms with Gasteiger partial charge in [0, 0.05) is 5.92 Å². The Morgan fingerprint density at radius 3 is 3.00 bits per heavy atom. The third kappa shape index (κ3) is 2.04. The molecule has 0 aromatic heterocycles. The fourth-order valence-electron chi connectivity index (χ4n) is 3.03. The standard InChI is InChI=1S/C15H17NO/c1-10-6-11-7-14(15(10)8-11)3-2-12-9-13(12)4-5-16-17/h3,8-9,11-12H,1-2,4-7H2/b14-3+. The molecule has 2 heteroatoms. The van der Waals surface area contributed by atoms with E-state index in [0.717, 1.165) is 18.8 Å². The first-order chi connectivity index (χ1) is 8.28. The number of hydrogen-bond donors (Lipinski definition) is 0. The van der Waals surface area contributed by atoms with E-state index in [4.69, 9.17) is 0 Å². The monoisotopic (exact) mass is 227 g/mol. The molecule has 0 heterocycles. The lowest BCUT2D eigenvalue weighted by molar-refractivity contribution is 0.665. The summed E-state index contributed by atoms with van der Waals surface area (Å²) in [6, 6.07) is 0. The number of nitrogens with zero attached hydrogens (tertiary/aromatic N) is 1. The second-order valence-electron chi connectivity index (χ2n) is 5.27. The molecule has 0 aliphatic heterocycles. The van der Waals surface area contributed by atoms with Crippen LogP contribution in [0.25, 0.3) is 0 Å². The predicted molar refractivity (Wildman–Crippen MR) is 69.5 cm³/mol. The molecule has 2 unspecified atom stereocenters. The van der Waals surface area contributed by atoms with Crippen molar-refractivity contribution in [2.45, 2.75) is 25.7 Å². The Kier molecular flexibility index (Phi) is 2.58. The van der Waals surface area contributed by atoms with Gasteiger partial charge in [0.25, 0.3) is 0 Å². The average molecular weight is 227 g/mol. The quantitative estimate of drug-likeness (QED) is 0.517. The first-order valence-corrected chi connectivity index (χ1v) is 6.37. The van der Waals surface area contributed by atoms with Crippen molar-refractivity contribution in [2.24, 2.45) is 17.0 Å². The summed E-state index contributed by atoms with van der Waals surface area (Å²) < 4.78 is 0. The van der Waals surface area contributed by atoms with Crippen LogP contribution in [0.3, 0.4) is 0 Å². The van der Waals surface area contributed by atoms with Crippen molar-refractivity contribution in [2.75, 3.05) is 6.54 Å². The number of hydrogen-bond acceptors (Lipinski definition) is 2. The molecule has 0 spiro atoms. The van der Waals surface area contributed by atoms with Gasteiger partial charge in [0.2, 0.25) is 0 Å². The van der Waals surface area contributed by atoms with Crippen LogP contribution in [0, 0.1) is 16.7 Å². The van der Waals surface area contributed by atoms with Crippen LogP contribution in [0.4, 0.5) is 0 Å². The Hall–Kier alpha value is -1.44. The van der Waals surface area contributed by atoms with Crippen LogP contribution >= 0.6 is 0 Å². The van der Waals surface area contributed by atoms with Crippen LogP contribution in [0.5, 0.6) is 0 Å². The van der Waals surface area contributed by atoms with Gasteiger partial charge in [-0.2, -0.15) is 4.91 Å². The minimum atomic E-state index is 0.433. The summed E-state index contributed by atoms with van der Waals surface area (Å²) in [5.41, 5.74) is 5.66. The normalized spacial score (nSPS) is 31.8. The van der Waals surface area contributed by atoms with Crippen LogP contribution < -0.4 is 0 Å². The summed E-state index contributed by atoms with van der Waals surface area (Å²) in [7, 11) is 0. The van der Waals surface area contributed by atoms with E-state index in [9.17, 15) is 4.91 Å². The topological polar surface area (TPSA) is 29.4 Å². The molecule has 17 heavy (non-hydrogen) atoms. The molecular weight excluding hydrogens is 210 g/mol. The van der Waals surface area contributed by atoms with Gasteiger partial charge in [-0.05, 0) is 48.3 Å². The zero-order valence-corrected chi connectivity index (χ0v) is 9.98. The van der Waals surface area contributed by atoms with Gasteiger partial charge in [0.15, 0.2) is 0 Å². The van der Waals surface area contributed by atoms with E-state index < -0.39 is 0 Å². The van der Waals surface area contributed by atoms with E-state index in [1.54, 1.807) is 0 Å². The Morgan fingerprint density at radius 2 is 2.29 bits per heavy atom. The van der Waals surface area contributed by atoms with Crippen LogP contribution in [0.15, 0.2) is 52.3 Å². The Balaban J connectivity index is 1.51. The van der Waals surface area contributed by atoms with Gasteiger partial charge in [0.1, 0.15) is 0 Å². The van der Waals surface area contributed by atoms with Gasteiger partial charge in [0.05, 0.1) is 6.54 Å². The van der Waals surface area contributed by atoms with Crippen molar-refractivity contribution in [1.29, 1.82) is 0 Å². The molecule has 0 N–H and O–H groups in total. The van der Waals surface area contributed by atoms with Gasteiger partial charge in [-0.15, -0.1) is 0 Å². The van der Waals surface area contributed by atoms with E-state index >= 15 is 0 Å². The van der Waals surface area contributed by atoms with Gasteiger partial charge < -0.3 is 0 Å². The zero-order chi connectivity index (χ0) is 11.8. The molecule has 0 saturated carbocycles. The van der Waals surface area contributed by atoms with Crippen LogP contribution in [0.2, 0.25) is 0 Å². The fraction of sp³-hybridized carbons (Fsp3) is 0.467. The lowest BCUT2D eigenvalue weighted by Crippen LogP contribution is -1.99. The molecule has 88 valence electrons. The first kappa shape index (κ1) is 10.7. The predicted octanol–water partition coefficient (Wildman–Crippen LogP) is 3.92. The van der Waals surface area contributed by atoms with Crippen LogP contribution in [-0.2, 0) is 0 Å². The Morgan fingerprint density at radius 1 is 1.41 bits per heavy atom. The van der Waals surface area contributed by atoms with Crippen LogP contribution in [-0.4, -0.2) is 6.54 Å². The summed E-state index contributed by atoms with van der Waals surface area (Å²) in [4.78, 5) is 10.0. The molecule has 2 bridgehead atoms. The fourth-order valence-corrected chi connectivity index (χ4v) is 3.03. The molecule has 0 aromatic carbocycles. The Labute approximate surface area is 102 Å². The first-order valence-electron chi connectivity index (χ1n) is 6.37. The number of rotatable bonds is 5. The molecule has 0 fully saturated rings. The molecular formula is C15H17NO.